The van der Waals surface area contributed by atoms with Gasteiger partial charge in [0.05, 0.1) is 0 Å². The third-order valence-electron chi connectivity index (χ3n) is 3.91. The fraction of sp³-hybridized carbons (Fsp3) is 0.263. The van der Waals surface area contributed by atoms with Gasteiger partial charge in [-0.15, -0.1) is 0 Å². The van der Waals surface area contributed by atoms with Gasteiger partial charge in [0.25, 0.3) is 5.91 Å². The van der Waals surface area contributed by atoms with Crippen molar-refractivity contribution >= 4 is 23.2 Å². The quantitative estimate of drug-likeness (QED) is 0.820. The molecule has 2 amide bonds. The van der Waals surface area contributed by atoms with Crippen LogP contribution in [0.3, 0.4) is 0 Å². The molecular weight excluding hydrogens is 361 g/mol. The maximum Gasteiger partial charge on any atom is 0.471 e. The number of hydrogen-bond acceptors (Lipinski definition) is 3. The molecule has 0 unspecified atom stereocenters. The van der Waals surface area contributed by atoms with Crippen LogP contribution >= 0.6 is 0 Å². The van der Waals surface area contributed by atoms with Gasteiger partial charge < -0.3 is 15.4 Å². The fourth-order valence-corrected chi connectivity index (χ4v) is 2.32. The van der Waals surface area contributed by atoms with Crippen molar-refractivity contribution in [1.29, 1.82) is 0 Å². The van der Waals surface area contributed by atoms with Crippen LogP contribution in [0.4, 0.5) is 24.5 Å². The summed E-state index contributed by atoms with van der Waals surface area (Å²) in [6.07, 6.45) is -4.96. The third-order valence-corrected chi connectivity index (χ3v) is 3.91. The van der Waals surface area contributed by atoms with E-state index in [1.165, 1.54) is 24.3 Å². The zero-order valence-corrected chi connectivity index (χ0v) is 15.0. The van der Waals surface area contributed by atoms with Crippen LogP contribution in [0.15, 0.2) is 36.4 Å². The zero-order chi connectivity index (χ0) is 20.2. The molecule has 2 N–H and O–H groups in total. The molecule has 0 heterocycles. The molecule has 0 saturated carbocycles. The summed E-state index contributed by atoms with van der Waals surface area (Å²) in [6, 6.07) is 9.16. The highest BCUT2D eigenvalue weighted by atomic mass is 19.4. The number of carbonyl (C=O) groups excluding carboxylic acids is 2. The number of ether oxygens (including phenoxy) is 1. The molecule has 0 bridgehead atoms. The standard InChI is InChI=1S/C19H19F3N2O3/c1-11-4-5-12(2)17(13(11)3)27-10-16(25)23-14-6-8-15(9-7-14)24-18(26)19(20,21)22/h4-9H,10H2,1-3H3,(H,23,25)(H,24,26). The van der Waals surface area contributed by atoms with E-state index >= 15 is 0 Å². The van der Waals surface area contributed by atoms with E-state index in [1.54, 1.807) is 5.32 Å². The lowest BCUT2D eigenvalue weighted by atomic mass is 10.1. The largest absolute Gasteiger partial charge is 0.483 e. The molecule has 0 atom stereocenters. The minimum absolute atomic E-state index is 0.0300. The number of carbonyl (C=O) groups is 2. The van der Waals surface area contributed by atoms with Gasteiger partial charge in [-0.2, -0.15) is 13.2 Å². The van der Waals surface area contributed by atoms with Gasteiger partial charge in [-0.05, 0) is 61.7 Å². The van der Waals surface area contributed by atoms with Crippen molar-refractivity contribution in [3.8, 4) is 5.75 Å². The minimum Gasteiger partial charge on any atom is -0.483 e. The summed E-state index contributed by atoms with van der Waals surface area (Å²) in [6.45, 7) is 5.52. The molecule has 0 aliphatic heterocycles. The Bertz CT molecular complexity index is 847. The van der Waals surface area contributed by atoms with Crippen molar-refractivity contribution in [2.75, 3.05) is 17.2 Å². The summed E-state index contributed by atoms with van der Waals surface area (Å²) >= 11 is 0. The lowest BCUT2D eigenvalue weighted by Gasteiger charge is -2.14. The molecule has 0 aliphatic rings. The maximum atomic E-state index is 12.2. The summed E-state index contributed by atoms with van der Waals surface area (Å²) in [5.41, 5.74) is 3.25. The van der Waals surface area contributed by atoms with Crippen molar-refractivity contribution in [3.63, 3.8) is 0 Å². The third kappa shape index (κ3) is 5.47. The summed E-state index contributed by atoms with van der Waals surface area (Å²) in [5.74, 6) is -1.82. The lowest BCUT2D eigenvalue weighted by molar-refractivity contribution is -0.167. The Morgan fingerprint density at radius 1 is 0.889 bits per heavy atom. The van der Waals surface area contributed by atoms with Crippen molar-refractivity contribution < 1.29 is 27.5 Å². The van der Waals surface area contributed by atoms with Crippen LogP contribution in [0.5, 0.6) is 5.75 Å². The molecule has 0 aliphatic carbocycles. The number of alkyl halides is 3. The molecule has 0 radical (unpaired) electrons. The first-order valence-corrected chi connectivity index (χ1v) is 8.05. The molecule has 2 rings (SSSR count). The number of halogens is 3. The number of nitrogens with one attached hydrogen (secondary N) is 2. The van der Waals surface area contributed by atoms with E-state index in [9.17, 15) is 22.8 Å². The zero-order valence-electron chi connectivity index (χ0n) is 15.0. The second-order valence-corrected chi connectivity index (χ2v) is 6.02. The summed E-state index contributed by atoms with van der Waals surface area (Å²) in [4.78, 5) is 22.9. The first-order chi connectivity index (χ1) is 12.6. The molecule has 0 spiro atoms. The molecule has 0 fully saturated rings. The molecule has 0 aromatic heterocycles. The van der Waals surface area contributed by atoms with Crippen LogP contribution in [0.1, 0.15) is 16.7 Å². The summed E-state index contributed by atoms with van der Waals surface area (Å²) in [7, 11) is 0. The van der Waals surface area contributed by atoms with Crippen molar-refractivity contribution in [1.82, 2.24) is 0 Å². The van der Waals surface area contributed by atoms with Crippen molar-refractivity contribution in [2.24, 2.45) is 0 Å². The smallest absolute Gasteiger partial charge is 0.471 e. The Balaban J connectivity index is 1.93. The molecular formula is C19H19F3N2O3. The average Bonchev–Trinajstić information content (AvgIpc) is 2.59. The second-order valence-electron chi connectivity index (χ2n) is 6.02. The van der Waals surface area contributed by atoms with Gasteiger partial charge in [-0.3, -0.25) is 9.59 Å². The predicted molar refractivity (Wildman–Crippen MR) is 95.9 cm³/mol. The molecule has 0 saturated heterocycles. The molecule has 2 aromatic carbocycles. The van der Waals surface area contributed by atoms with Gasteiger partial charge in [0.15, 0.2) is 6.61 Å². The highest BCUT2D eigenvalue weighted by Gasteiger charge is 2.38. The van der Waals surface area contributed by atoms with Crippen molar-refractivity contribution in [2.45, 2.75) is 26.9 Å². The number of hydrogen-bond donors (Lipinski definition) is 2. The SMILES string of the molecule is Cc1ccc(C)c(OCC(=O)Nc2ccc(NC(=O)C(F)(F)F)cc2)c1C. The highest BCUT2D eigenvalue weighted by Crippen LogP contribution is 2.25. The molecule has 5 nitrogen and oxygen atoms in total. The number of aryl methyl sites for hydroxylation is 2. The number of amides is 2. The van der Waals surface area contributed by atoms with Gasteiger partial charge in [-0.1, -0.05) is 12.1 Å². The first kappa shape index (κ1) is 20.3. The van der Waals surface area contributed by atoms with Crippen LogP contribution < -0.4 is 15.4 Å². The Morgan fingerprint density at radius 3 is 1.96 bits per heavy atom. The van der Waals surface area contributed by atoms with Gasteiger partial charge in [0.1, 0.15) is 5.75 Å². The fourth-order valence-electron chi connectivity index (χ4n) is 2.32. The van der Waals surface area contributed by atoms with Crippen molar-refractivity contribution in [3.05, 3.63) is 53.1 Å². The molecule has 2 aromatic rings. The van der Waals surface area contributed by atoms with E-state index < -0.39 is 18.0 Å². The van der Waals surface area contributed by atoms with Crippen LogP contribution in [-0.4, -0.2) is 24.6 Å². The molecule has 27 heavy (non-hydrogen) atoms. The average molecular weight is 380 g/mol. The van der Waals surface area contributed by atoms with E-state index in [2.05, 4.69) is 5.32 Å². The van der Waals surface area contributed by atoms with Gasteiger partial charge >= 0.3 is 12.1 Å². The Morgan fingerprint density at radius 2 is 1.41 bits per heavy atom. The van der Waals surface area contributed by atoms with Gasteiger partial charge in [-0.25, -0.2) is 0 Å². The number of rotatable bonds is 5. The minimum atomic E-state index is -4.96. The Labute approximate surface area is 154 Å². The topological polar surface area (TPSA) is 67.4 Å². The summed E-state index contributed by atoms with van der Waals surface area (Å²) in [5, 5.41) is 4.30. The summed E-state index contributed by atoms with van der Waals surface area (Å²) < 4.78 is 42.2. The monoisotopic (exact) mass is 380 g/mol. The number of anilines is 2. The first-order valence-electron chi connectivity index (χ1n) is 8.05. The van der Waals surface area contributed by atoms with Gasteiger partial charge in [0, 0.05) is 11.4 Å². The molecule has 8 heteroatoms. The van der Waals surface area contributed by atoms with E-state index in [1.807, 2.05) is 32.9 Å². The Kier molecular flexibility index (Phi) is 6.09. The van der Waals surface area contributed by atoms with Gasteiger partial charge in [0.2, 0.25) is 0 Å². The Hall–Kier alpha value is -3.03. The van der Waals surface area contributed by atoms with Crippen LogP contribution in [0.25, 0.3) is 0 Å². The van der Waals surface area contributed by atoms with Crippen LogP contribution in [0.2, 0.25) is 0 Å². The van der Waals surface area contributed by atoms with E-state index in [0.717, 1.165) is 16.7 Å². The van der Waals surface area contributed by atoms with E-state index in [-0.39, 0.29) is 12.3 Å². The van der Waals surface area contributed by atoms with Crippen LogP contribution in [-0.2, 0) is 9.59 Å². The normalized spacial score (nSPS) is 11.0. The number of benzene rings is 2. The van der Waals surface area contributed by atoms with Crippen LogP contribution in [0, 0.1) is 20.8 Å². The lowest BCUT2D eigenvalue weighted by Crippen LogP contribution is -2.29. The van der Waals surface area contributed by atoms with E-state index in [0.29, 0.717) is 11.4 Å². The second kappa shape index (κ2) is 8.11. The predicted octanol–water partition coefficient (Wildman–Crippen LogP) is 4.13. The highest BCUT2D eigenvalue weighted by molar-refractivity contribution is 5.95. The molecule has 144 valence electrons. The van der Waals surface area contributed by atoms with E-state index in [4.69, 9.17) is 4.74 Å². The maximum absolute atomic E-state index is 12.2.